The highest BCUT2D eigenvalue weighted by atomic mass is 32.2. The molecule has 0 amide bonds. The fourth-order valence-electron chi connectivity index (χ4n) is 2.21. The Morgan fingerprint density at radius 1 is 1.26 bits per heavy atom. The van der Waals surface area contributed by atoms with Crippen molar-refractivity contribution in [3.63, 3.8) is 0 Å². The summed E-state index contributed by atoms with van der Waals surface area (Å²) in [5.74, 6) is -1.83. The molecule has 0 atom stereocenters. The molecule has 7 heteroatoms. The molecule has 0 saturated carbocycles. The van der Waals surface area contributed by atoms with Crippen LogP contribution in [-0.2, 0) is 10.0 Å². The predicted molar refractivity (Wildman–Crippen MR) is 67.2 cm³/mol. The van der Waals surface area contributed by atoms with E-state index in [9.17, 15) is 17.2 Å². The molecule has 1 fully saturated rings. The van der Waals surface area contributed by atoms with Crippen LogP contribution in [0.25, 0.3) is 0 Å². The Hall–Kier alpha value is -1.05. The Bertz CT molecular complexity index is 555. The van der Waals surface area contributed by atoms with E-state index in [0.29, 0.717) is 32.0 Å². The van der Waals surface area contributed by atoms with E-state index < -0.39 is 26.6 Å². The predicted octanol–water partition coefficient (Wildman–Crippen LogP) is 1.34. The van der Waals surface area contributed by atoms with Crippen molar-refractivity contribution >= 4 is 10.0 Å². The van der Waals surface area contributed by atoms with Gasteiger partial charge in [0.25, 0.3) is 0 Å². The number of halogens is 2. The van der Waals surface area contributed by atoms with E-state index in [2.05, 4.69) is 5.32 Å². The van der Waals surface area contributed by atoms with Gasteiger partial charge in [0.2, 0.25) is 10.0 Å². The molecule has 0 aromatic heterocycles. The third kappa shape index (κ3) is 2.93. The normalized spacial score (nSPS) is 18.7. The maximum absolute atomic E-state index is 13.6. The zero-order valence-electron chi connectivity index (χ0n) is 10.6. The second-order valence-electron chi connectivity index (χ2n) is 4.54. The van der Waals surface area contributed by atoms with Gasteiger partial charge in [-0.1, -0.05) is 0 Å². The molecule has 1 aromatic rings. The minimum absolute atomic E-state index is 0.282. The number of sulfonamides is 1. The summed E-state index contributed by atoms with van der Waals surface area (Å²) < 4.78 is 52.2. The molecule has 0 spiro atoms. The summed E-state index contributed by atoms with van der Waals surface area (Å²) >= 11 is 0. The van der Waals surface area contributed by atoms with Crippen molar-refractivity contribution < 1.29 is 17.2 Å². The van der Waals surface area contributed by atoms with Crippen LogP contribution in [0.5, 0.6) is 0 Å². The number of hydrogen-bond acceptors (Lipinski definition) is 3. The molecule has 1 saturated heterocycles. The number of piperidine rings is 1. The zero-order valence-corrected chi connectivity index (χ0v) is 11.4. The molecule has 4 nitrogen and oxygen atoms in total. The van der Waals surface area contributed by atoms with Gasteiger partial charge in [-0.15, -0.1) is 0 Å². The molecule has 106 valence electrons. The van der Waals surface area contributed by atoms with Gasteiger partial charge in [0, 0.05) is 25.2 Å². The van der Waals surface area contributed by atoms with E-state index in [-0.39, 0.29) is 6.04 Å². The molecule has 1 aromatic carbocycles. The van der Waals surface area contributed by atoms with Gasteiger partial charge in [-0.25, -0.2) is 17.2 Å². The summed E-state index contributed by atoms with van der Waals surface area (Å²) in [6, 6.07) is 2.80. The maximum Gasteiger partial charge on any atom is 0.245 e. The van der Waals surface area contributed by atoms with E-state index in [1.807, 2.05) is 7.05 Å². The number of hydrogen-bond donors (Lipinski definition) is 1. The standard InChI is InChI=1S/C12H16F2N2O2S/c1-15-10-4-6-16(7-5-10)19(17,18)12-3-2-9(13)8-11(12)14/h2-3,8,10,15H,4-7H2,1H3. The van der Waals surface area contributed by atoms with E-state index in [4.69, 9.17) is 0 Å². The van der Waals surface area contributed by atoms with E-state index >= 15 is 0 Å². The van der Waals surface area contributed by atoms with Crippen molar-refractivity contribution in [1.82, 2.24) is 9.62 Å². The van der Waals surface area contributed by atoms with Crippen LogP contribution in [0, 0.1) is 11.6 Å². The largest absolute Gasteiger partial charge is 0.317 e. The van der Waals surface area contributed by atoms with Crippen molar-refractivity contribution in [3.05, 3.63) is 29.8 Å². The lowest BCUT2D eigenvalue weighted by molar-refractivity contribution is 0.297. The fraction of sp³-hybridized carbons (Fsp3) is 0.500. The summed E-state index contributed by atoms with van der Waals surface area (Å²) in [5.41, 5.74) is 0. The zero-order chi connectivity index (χ0) is 14.0. The molecule has 0 aliphatic carbocycles. The van der Waals surface area contributed by atoms with Gasteiger partial charge < -0.3 is 5.32 Å². The molecule has 1 aliphatic heterocycles. The molecule has 0 bridgehead atoms. The topological polar surface area (TPSA) is 49.4 Å². The van der Waals surface area contributed by atoms with Crippen LogP contribution in [0.2, 0.25) is 0 Å². The van der Waals surface area contributed by atoms with Crippen LogP contribution in [0.4, 0.5) is 8.78 Å². The SMILES string of the molecule is CNC1CCN(S(=O)(=O)c2ccc(F)cc2F)CC1. The first-order valence-electron chi connectivity index (χ1n) is 6.07. The highest BCUT2D eigenvalue weighted by Gasteiger charge is 2.30. The Balaban J connectivity index is 2.23. The quantitative estimate of drug-likeness (QED) is 0.914. The summed E-state index contributed by atoms with van der Waals surface area (Å²) in [7, 11) is -2.05. The van der Waals surface area contributed by atoms with Crippen LogP contribution in [0.1, 0.15) is 12.8 Å². The summed E-state index contributed by atoms with van der Waals surface area (Å²) in [5, 5.41) is 3.09. The fourth-order valence-corrected chi connectivity index (χ4v) is 3.72. The molecule has 1 N–H and O–H groups in total. The lowest BCUT2D eigenvalue weighted by Gasteiger charge is -2.31. The van der Waals surface area contributed by atoms with Crippen molar-refractivity contribution in [2.24, 2.45) is 0 Å². The van der Waals surface area contributed by atoms with Gasteiger partial charge in [0.1, 0.15) is 16.5 Å². The molecule has 19 heavy (non-hydrogen) atoms. The van der Waals surface area contributed by atoms with Crippen molar-refractivity contribution in [1.29, 1.82) is 0 Å². The number of nitrogens with one attached hydrogen (secondary N) is 1. The number of rotatable bonds is 3. The van der Waals surface area contributed by atoms with Gasteiger partial charge in [-0.05, 0) is 32.0 Å². The smallest absolute Gasteiger partial charge is 0.245 e. The molecular weight excluding hydrogens is 274 g/mol. The Morgan fingerprint density at radius 3 is 2.42 bits per heavy atom. The van der Waals surface area contributed by atoms with E-state index in [1.165, 1.54) is 4.31 Å². The van der Waals surface area contributed by atoms with Gasteiger partial charge in [-0.2, -0.15) is 4.31 Å². The molecule has 0 unspecified atom stereocenters. The van der Waals surface area contributed by atoms with Crippen LogP contribution in [0.15, 0.2) is 23.1 Å². The second-order valence-corrected chi connectivity index (χ2v) is 6.45. The van der Waals surface area contributed by atoms with Gasteiger partial charge in [-0.3, -0.25) is 0 Å². The molecular formula is C12H16F2N2O2S. The highest BCUT2D eigenvalue weighted by Crippen LogP contribution is 2.23. The first-order chi connectivity index (χ1) is 8.95. The van der Waals surface area contributed by atoms with Crippen LogP contribution >= 0.6 is 0 Å². The monoisotopic (exact) mass is 290 g/mol. The lowest BCUT2D eigenvalue weighted by atomic mass is 10.1. The molecule has 0 radical (unpaired) electrons. The van der Waals surface area contributed by atoms with Crippen LogP contribution in [0.3, 0.4) is 0 Å². The second kappa shape index (κ2) is 5.52. The van der Waals surface area contributed by atoms with Crippen molar-refractivity contribution in [2.75, 3.05) is 20.1 Å². The summed E-state index contributed by atoms with van der Waals surface area (Å²) in [6.07, 6.45) is 1.36. The maximum atomic E-state index is 13.6. The Kier molecular flexibility index (Phi) is 4.17. The first kappa shape index (κ1) is 14.4. The molecule has 1 aliphatic rings. The number of benzene rings is 1. The van der Waals surface area contributed by atoms with Crippen LogP contribution < -0.4 is 5.32 Å². The Morgan fingerprint density at radius 2 is 1.89 bits per heavy atom. The third-order valence-corrected chi connectivity index (χ3v) is 5.31. The summed E-state index contributed by atoms with van der Waals surface area (Å²) in [4.78, 5) is -0.461. The Labute approximate surface area is 111 Å². The minimum Gasteiger partial charge on any atom is -0.317 e. The van der Waals surface area contributed by atoms with E-state index in [0.717, 1.165) is 12.1 Å². The van der Waals surface area contributed by atoms with Crippen LogP contribution in [-0.4, -0.2) is 38.9 Å². The average molecular weight is 290 g/mol. The first-order valence-corrected chi connectivity index (χ1v) is 7.51. The van der Waals surface area contributed by atoms with Crippen molar-refractivity contribution in [2.45, 2.75) is 23.8 Å². The average Bonchev–Trinajstić information content (AvgIpc) is 2.38. The summed E-state index contributed by atoms with van der Waals surface area (Å²) in [6.45, 7) is 0.676. The van der Waals surface area contributed by atoms with Crippen molar-refractivity contribution in [3.8, 4) is 0 Å². The van der Waals surface area contributed by atoms with Gasteiger partial charge in [0.15, 0.2) is 0 Å². The third-order valence-electron chi connectivity index (χ3n) is 3.37. The minimum atomic E-state index is -3.88. The lowest BCUT2D eigenvalue weighted by Crippen LogP contribution is -2.44. The van der Waals surface area contributed by atoms with E-state index in [1.54, 1.807) is 0 Å². The van der Waals surface area contributed by atoms with Gasteiger partial charge >= 0.3 is 0 Å². The number of nitrogens with zero attached hydrogens (tertiary/aromatic N) is 1. The molecule has 1 heterocycles. The van der Waals surface area contributed by atoms with Gasteiger partial charge in [0.05, 0.1) is 0 Å². The molecule has 2 rings (SSSR count). The highest BCUT2D eigenvalue weighted by molar-refractivity contribution is 7.89.